The van der Waals surface area contributed by atoms with Gasteiger partial charge in [-0.25, -0.2) is 0 Å². The van der Waals surface area contributed by atoms with Crippen molar-refractivity contribution in [2.45, 2.75) is 47.0 Å². The van der Waals surface area contributed by atoms with E-state index in [0.717, 1.165) is 47.3 Å². The van der Waals surface area contributed by atoms with Gasteiger partial charge in [0.1, 0.15) is 0 Å². The second-order valence-electron chi connectivity index (χ2n) is 7.97. The molecule has 4 fully saturated rings. The van der Waals surface area contributed by atoms with E-state index in [1.807, 2.05) is 0 Å². The minimum atomic E-state index is 0. The molecule has 0 radical (unpaired) electrons. The van der Waals surface area contributed by atoms with E-state index >= 15 is 0 Å². The predicted octanol–water partition coefficient (Wildman–Crippen LogP) is -1.58. The second kappa shape index (κ2) is 6.49. The molecule has 0 amide bonds. The number of hydrogen-bond acceptors (Lipinski definition) is 0. The zero-order valence-electron chi connectivity index (χ0n) is 13.8. The standard InChI is InChI=1S/C17H27.2Rb/c1-5-17(4)8-11-6-14(17)16-13-7-12(15(11)16)9(2)10(13)3;;/h8-16H,5-7H2,1-4H3;;/q-1;2*+1. The van der Waals surface area contributed by atoms with Gasteiger partial charge in [-0.2, -0.15) is 11.3 Å². The van der Waals surface area contributed by atoms with Gasteiger partial charge in [-0.05, 0) is 36.0 Å². The van der Waals surface area contributed by atoms with Gasteiger partial charge < -0.3 is 6.42 Å². The van der Waals surface area contributed by atoms with E-state index in [4.69, 9.17) is 0 Å². The summed E-state index contributed by atoms with van der Waals surface area (Å²) in [4.78, 5) is 0. The van der Waals surface area contributed by atoms with Crippen molar-refractivity contribution < 1.29 is 116 Å². The van der Waals surface area contributed by atoms with Gasteiger partial charge in [0.15, 0.2) is 0 Å². The largest absolute Gasteiger partial charge is 1.00 e. The Morgan fingerprint density at radius 2 is 1.58 bits per heavy atom. The predicted molar refractivity (Wildman–Crippen MR) is 71.2 cm³/mol. The quantitative estimate of drug-likeness (QED) is 0.367. The normalized spacial score (nSPS) is 60.6. The molecule has 0 aromatic heterocycles. The number of hydrogen-bond donors (Lipinski definition) is 0. The van der Waals surface area contributed by atoms with Crippen molar-refractivity contribution in [3.05, 3.63) is 6.42 Å². The van der Waals surface area contributed by atoms with E-state index < -0.39 is 0 Å². The number of rotatable bonds is 1. The summed E-state index contributed by atoms with van der Waals surface area (Å²) < 4.78 is 0. The van der Waals surface area contributed by atoms with Gasteiger partial charge in [0.25, 0.3) is 0 Å². The molecule has 0 aliphatic heterocycles. The van der Waals surface area contributed by atoms with E-state index in [9.17, 15) is 0 Å². The Kier molecular flexibility index (Phi) is 6.47. The van der Waals surface area contributed by atoms with E-state index in [-0.39, 0.29) is 116 Å². The van der Waals surface area contributed by atoms with Crippen LogP contribution in [0.4, 0.5) is 0 Å². The molecular weight excluding hydrogens is 375 g/mol. The van der Waals surface area contributed by atoms with Gasteiger partial charge in [-0.15, -0.1) is 0 Å². The third-order valence-electron chi connectivity index (χ3n) is 7.85. The molecule has 9 unspecified atom stereocenters. The molecule has 4 aliphatic carbocycles. The van der Waals surface area contributed by atoms with Crippen molar-refractivity contribution in [2.24, 2.45) is 52.8 Å². The van der Waals surface area contributed by atoms with Crippen LogP contribution in [0.5, 0.6) is 0 Å². The first-order valence-electron chi connectivity index (χ1n) is 7.93. The molecule has 4 rings (SSSR count). The van der Waals surface area contributed by atoms with Crippen LogP contribution in [0.1, 0.15) is 47.0 Å². The Morgan fingerprint density at radius 3 is 2.16 bits per heavy atom. The molecule has 0 aromatic carbocycles. The van der Waals surface area contributed by atoms with Gasteiger partial charge in [0.05, 0.1) is 0 Å². The fourth-order valence-corrected chi connectivity index (χ4v) is 6.77. The summed E-state index contributed by atoms with van der Waals surface area (Å²) in [7, 11) is 0. The van der Waals surface area contributed by atoms with E-state index in [1.165, 1.54) is 6.42 Å². The molecule has 19 heavy (non-hydrogen) atoms. The van der Waals surface area contributed by atoms with Crippen molar-refractivity contribution in [3.8, 4) is 0 Å². The maximum atomic E-state index is 2.79. The summed E-state index contributed by atoms with van der Waals surface area (Å²) in [5.41, 5.74) is 0.596. The Morgan fingerprint density at radius 1 is 1.00 bits per heavy atom. The van der Waals surface area contributed by atoms with Gasteiger partial charge >= 0.3 is 116 Å². The van der Waals surface area contributed by atoms with Crippen molar-refractivity contribution in [1.29, 1.82) is 0 Å². The van der Waals surface area contributed by atoms with Crippen molar-refractivity contribution in [1.82, 2.24) is 0 Å². The summed E-state index contributed by atoms with van der Waals surface area (Å²) in [6.45, 7) is 10.0. The smallest absolute Gasteiger partial charge is 0.319 e. The minimum Gasteiger partial charge on any atom is -0.319 e. The summed E-state index contributed by atoms with van der Waals surface area (Å²) in [5.74, 6) is 8.49. The van der Waals surface area contributed by atoms with E-state index in [0.29, 0.717) is 5.41 Å². The monoisotopic (exact) mass is 401 g/mol. The molecule has 9 atom stereocenters. The summed E-state index contributed by atoms with van der Waals surface area (Å²) in [6, 6.07) is 0. The van der Waals surface area contributed by atoms with Gasteiger partial charge in [-0.3, -0.25) is 0 Å². The van der Waals surface area contributed by atoms with Crippen LogP contribution < -0.4 is 116 Å². The third-order valence-corrected chi connectivity index (χ3v) is 7.85. The molecule has 0 nitrogen and oxygen atoms in total. The first kappa shape index (κ1) is 18.9. The zero-order chi connectivity index (χ0) is 11.9. The Bertz CT molecular complexity index is 355. The summed E-state index contributed by atoms with van der Waals surface area (Å²) in [5, 5.41) is 0. The molecule has 2 heteroatoms. The van der Waals surface area contributed by atoms with E-state index in [2.05, 4.69) is 34.1 Å². The topological polar surface area (TPSA) is 0 Å². The first-order valence-corrected chi connectivity index (χ1v) is 7.93. The molecule has 4 bridgehead atoms. The number of fused-ring (bicyclic) bond motifs is 9. The molecule has 0 saturated heterocycles. The fourth-order valence-electron chi connectivity index (χ4n) is 6.77. The molecule has 4 aliphatic rings. The van der Waals surface area contributed by atoms with E-state index in [1.54, 1.807) is 12.8 Å². The molecule has 0 heterocycles. The SMILES string of the molecule is CCC1(C)[CH-]C2CC1C1C3CC(C(C)C3C)C21.[Rb+].[Rb+]. The van der Waals surface area contributed by atoms with Crippen molar-refractivity contribution >= 4 is 0 Å². The molecule has 0 aromatic rings. The van der Waals surface area contributed by atoms with Crippen LogP contribution in [0.2, 0.25) is 0 Å². The maximum Gasteiger partial charge on any atom is 1.00 e. The minimum absolute atomic E-state index is 0. The van der Waals surface area contributed by atoms with Gasteiger partial charge in [0, 0.05) is 0 Å². The van der Waals surface area contributed by atoms with Crippen LogP contribution in [-0.4, -0.2) is 0 Å². The molecular formula is C17H27Rb2+. The van der Waals surface area contributed by atoms with Crippen LogP contribution in [0.25, 0.3) is 0 Å². The molecule has 0 spiro atoms. The van der Waals surface area contributed by atoms with Crippen molar-refractivity contribution in [3.63, 3.8) is 0 Å². The average Bonchev–Trinajstić information content (AvgIpc) is 2.98. The summed E-state index contributed by atoms with van der Waals surface area (Å²) >= 11 is 0. The van der Waals surface area contributed by atoms with Crippen LogP contribution in [0, 0.1) is 59.2 Å². The average molecular weight is 402 g/mol. The van der Waals surface area contributed by atoms with Gasteiger partial charge in [0.2, 0.25) is 0 Å². The Hall–Kier alpha value is 3.61. The Balaban J connectivity index is 0.000000667. The molecule has 96 valence electrons. The summed E-state index contributed by atoms with van der Waals surface area (Å²) in [6.07, 6.45) is 7.29. The van der Waals surface area contributed by atoms with Crippen molar-refractivity contribution in [2.75, 3.05) is 0 Å². The third kappa shape index (κ3) is 2.50. The maximum absolute atomic E-state index is 2.79. The van der Waals surface area contributed by atoms with Crippen LogP contribution in [0.3, 0.4) is 0 Å². The van der Waals surface area contributed by atoms with Crippen LogP contribution >= 0.6 is 0 Å². The molecule has 0 N–H and O–H groups in total. The van der Waals surface area contributed by atoms with Crippen LogP contribution in [-0.2, 0) is 0 Å². The van der Waals surface area contributed by atoms with Crippen LogP contribution in [0.15, 0.2) is 0 Å². The fraction of sp³-hybridized carbons (Fsp3) is 0.941. The first-order chi connectivity index (χ1) is 8.07. The Labute approximate surface area is 217 Å². The molecule has 4 saturated carbocycles. The zero-order valence-corrected chi connectivity index (χ0v) is 23.6. The van der Waals surface area contributed by atoms with Gasteiger partial charge in [-0.1, -0.05) is 52.4 Å². The second-order valence-corrected chi connectivity index (χ2v) is 7.97.